The number of hydrogen-bond donors (Lipinski definition) is 1. The number of carbonyl (C=O) groups excluding carboxylic acids is 2. The number of rotatable bonds is 6. The number of nitrogens with zero attached hydrogens (tertiary/aromatic N) is 1. The summed E-state index contributed by atoms with van der Waals surface area (Å²) in [6.45, 7) is 4.11. The van der Waals surface area contributed by atoms with Crippen LogP contribution in [-0.2, 0) is 9.59 Å². The molecule has 1 fully saturated rings. The molecule has 3 aromatic rings. The Kier molecular flexibility index (Phi) is 6.61. The summed E-state index contributed by atoms with van der Waals surface area (Å²) in [6.07, 6.45) is 0. The minimum Gasteiger partial charge on any atom is -0.507 e. The Balaban J connectivity index is 1.93. The third-order valence-electron chi connectivity index (χ3n) is 5.78. The van der Waals surface area contributed by atoms with Gasteiger partial charge in [-0.05, 0) is 67.4 Å². The normalized spacial score (nSPS) is 17.2. The molecule has 0 bridgehead atoms. The Morgan fingerprint density at radius 1 is 1.06 bits per heavy atom. The molecule has 1 heterocycles. The number of hydrogen-bond acceptors (Lipinski definition) is 5. The Morgan fingerprint density at radius 3 is 2.41 bits per heavy atom. The molecule has 3 aromatic carbocycles. The number of carbonyl (C=O) groups is 2. The molecule has 0 spiro atoms. The van der Waals surface area contributed by atoms with Gasteiger partial charge in [-0.3, -0.25) is 14.5 Å². The van der Waals surface area contributed by atoms with Crippen molar-refractivity contribution in [1.29, 1.82) is 0 Å². The summed E-state index contributed by atoms with van der Waals surface area (Å²) in [5, 5.41) is 11.7. The SMILES string of the molecule is CCOc1cc(/C(O)=C2\C(=O)C(=O)N(c3ccc(OC)cc3)C2c2ccccc2C)ccc1Cl. The Hall–Kier alpha value is -3.77. The zero-order valence-electron chi connectivity index (χ0n) is 19.0. The van der Waals surface area contributed by atoms with Gasteiger partial charge < -0.3 is 14.6 Å². The molecule has 4 rings (SSSR count). The van der Waals surface area contributed by atoms with Gasteiger partial charge in [-0.1, -0.05) is 35.9 Å². The first-order valence-electron chi connectivity index (χ1n) is 10.8. The summed E-state index contributed by atoms with van der Waals surface area (Å²) >= 11 is 6.20. The van der Waals surface area contributed by atoms with Crippen molar-refractivity contribution in [2.45, 2.75) is 19.9 Å². The van der Waals surface area contributed by atoms with Crippen LogP contribution in [0.4, 0.5) is 5.69 Å². The topological polar surface area (TPSA) is 76.1 Å². The number of Topliss-reactive ketones (excluding diaryl/α,β-unsaturated/α-hetero) is 1. The van der Waals surface area contributed by atoms with E-state index in [2.05, 4.69) is 0 Å². The number of amides is 1. The maximum absolute atomic E-state index is 13.3. The van der Waals surface area contributed by atoms with Crippen molar-refractivity contribution in [3.05, 3.63) is 94.0 Å². The molecule has 6 nitrogen and oxygen atoms in total. The maximum atomic E-state index is 13.3. The van der Waals surface area contributed by atoms with E-state index in [1.54, 1.807) is 49.6 Å². The smallest absolute Gasteiger partial charge is 0.300 e. The van der Waals surface area contributed by atoms with Crippen LogP contribution in [-0.4, -0.2) is 30.5 Å². The van der Waals surface area contributed by atoms with E-state index in [1.165, 1.54) is 4.90 Å². The second-order valence-electron chi connectivity index (χ2n) is 7.80. The van der Waals surface area contributed by atoms with Crippen LogP contribution in [0.15, 0.2) is 72.3 Å². The van der Waals surface area contributed by atoms with Crippen molar-refractivity contribution in [3.8, 4) is 11.5 Å². The van der Waals surface area contributed by atoms with Gasteiger partial charge in [-0.2, -0.15) is 0 Å². The standard InChI is InChI=1S/C27H24ClNO5/c1-4-34-22-15-17(9-14-21(22)28)25(30)23-24(20-8-6-5-7-16(20)2)29(27(32)26(23)31)18-10-12-19(33-3)13-11-18/h5-15,24,30H,4H2,1-3H3/b25-23+. The van der Waals surface area contributed by atoms with Crippen LogP contribution in [0.1, 0.15) is 29.7 Å². The van der Waals surface area contributed by atoms with Crippen LogP contribution in [0.25, 0.3) is 5.76 Å². The first kappa shape index (κ1) is 23.4. The summed E-state index contributed by atoms with van der Waals surface area (Å²) in [5.41, 5.74) is 2.46. The zero-order chi connectivity index (χ0) is 24.4. The van der Waals surface area contributed by atoms with Crippen LogP contribution in [0.2, 0.25) is 5.02 Å². The van der Waals surface area contributed by atoms with E-state index in [1.807, 2.05) is 38.1 Å². The molecule has 1 saturated heterocycles. The van der Waals surface area contributed by atoms with Crippen molar-refractivity contribution in [2.75, 3.05) is 18.6 Å². The van der Waals surface area contributed by atoms with Gasteiger partial charge >= 0.3 is 0 Å². The average molecular weight is 478 g/mol. The molecule has 1 aliphatic heterocycles. The minimum absolute atomic E-state index is 0.000103. The lowest BCUT2D eigenvalue weighted by Gasteiger charge is -2.26. The fourth-order valence-electron chi connectivity index (χ4n) is 4.10. The van der Waals surface area contributed by atoms with Crippen LogP contribution >= 0.6 is 11.6 Å². The first-order valence-corrected chi connectivity index (χ1v) is 11.2. The Morgan fingerprint density at radius 2 is 1.76 bits per heavy atom. The van der Waals surface area contributed by atoms with Gasteiger partial charge in [0.25, 0.3) is 11.7 Å². The molecule has 1 atom stereocenters. The predicted octanol–water partition coefficient (Wildman–Crippen LogP) is 5.68. The Labute approximate surface area is 203 Å². The highest BCUT2D eigenvalue weighted by atomic mass is 35.5. The molecule has 0 radical (unpaired) electrons. The fraction of sp³-hybridized carbons (Fsp3) is 0.185. The van der Waals surface area contributed by atoms with Crippen molar-refractivity contribution in [2.24, 2.45) is 0 Å². The van der Waals surface area contributed by atoms with Crippen molar-refractivity contribution >= 4 is 34.7 Å². The lowest BCUT2D eigenvalue weighted by Crippen LogP contribution is -2.29. The van der Waals surface area contributed by atoms with Crippen molar-refractivity contribution in [3.63, 3.8) is 0 Å². The average Bonchev–Trinajstić information content (AvgIpc) is 3.10. The van der Waals surface area contributed by atoms with Gasteiger partial charge in [0.1, 0.15) is 17.3 Å². The number of aliphatic hydroxyl groups excluding tert-OH is 1. The van der Waals surface area contributed by atoms with Gasteiger partial charge in [-0.15, -0.1) is 0 Å². The molecular formula is C27H24ClNO5. The maximum Gasteiger partial charge on any atom is 0.300 e. The van der Waals surface area contributed by atoms with Crippen LogP contribution < -0.4 is 14.4 Å². The number of aliphatic hydroxyl groups is 1. The number of halogens is 1. The zero-order valence-corrected chi connectivity index (χ0v) is 19.8. The number of methoxy groups -OCH3 is 1. The molecule has 1 N–H and O–H groups in total. The number of ketones is 1. The van der Waals surface area contributed by atoms with Crippen molar-refractivity contribution in [1.82, 2.24) is 0 Å². The quantitative estimate of drug-likeness (QED) is 0.281. The highest BCUT2D eigenvalue weighted by Gasteiger charge is 2.47. The summed E-state index contributed by atoms with van der Waals surface area (Å²) in [6, 6.07) is 18.3. The summed E-state index contributed by atoms with van der Waals surface area (Å²) in [5.74, 6) is -0.781. The fourth-order valence-corrected chi connectivity index (χ4v) is 4.27. The van der Waals surface area contributed by atoms with E-state index in [0.29, 0.717) is 34.4 Å². The molecule has 7 heteroatoms. The van der Waals surface area contributed by atoms with Crippen LogP contribution in [0, 0.1) is 6.92 Å². The van der Waals surface area contributed by atoms with E-state index in [9.17, 15) is 14.7 Å². The largest absolute Gasteiger partial charge is 0.507 e. The van der Waals surface area contributed by atoms with E-state index in [0.717, 1.165) is 11.1 Å². The number of benzene rings is 3. The first-order chi connectivity index (χ1) is 16.4. The molecule has 1 unspecified atom stereocenters. The number of ether oxygens (including phenoxy) is 2. The number of aryl methyl sites for hydroxylation is 1. The molecule has 0 aromatic heterocycles. The van der Waals surface area contributed by atoms with Gasteiger partial charge in [0.05, 0.1) is 30.4 Å². The molecule has 1 aliphatic rings. The molecule has 1 amide bonds. The van der Waals surface area contributed by atoms with E-state index >= 15 is 0 Å². The number of anilines is 1. The van der Waals surface area contributed by atoms with E-state index < -0.39 is 17.7 Å². The highest BCUT2D eigenvalue weighted by molar-refractivity contribution is 6.51. The van der Waals surface area contributed by atoms with E-state index in [4.69, 9.17) is 21.1 Å². The predicted molar refractivity (Wildman–Crippen MR) is 132 cm³/mol. The molecule has 0 saturated carbocycles. The van der Waals surface area contributed by atoms with Gasteiger partial charge in [-0.25, -0.2) is 0 Å². The van der Waals surface area contributed by atoms with Crippen molar-refractivity contribution < 1.29 is 24.2 Å². The van der Waals surface area contributed by atoms with E-state index in [-0.39, 0.29) is 11.3 Å². The molecule has 0 aliphatic carbocycles. The third kappa shape index (κ3) is 4.13. The third-order valence-corrected chi connectivity index (χ3v) is 6.09. The second kappa shape index (κ2) is 9.61. The molecule has 174 valence electrons. The molecule has 34 heavy (non-hydrogen) atoms. The van der Waals surface area contributed by atoms with Crippen LogP contribution in [0.3, 0.4) is 0 Å². The van der Waals surface area contributed by atoms with Gasteiger partial charge in [0.15, 0.2) is 0 Å². The second-order valence-corrected chi connectivity index (χ2v) is 8.21. The highest BCUT2D eigenvalue weighted by Crippen LogP contribution is 2.43. The summed E-state index contributed by atoms with van der Waals surface area (Å²) < 4.78 is 10.8. The van der Waals surface area contributed by atoms with Gasteiger partial charge in [0, 0.05) is 11.3 Å². The summed E-state index contributed by atoms with van der Waals surface area (Å²) in [4.78, 5) is 28.0. The minimum atomic E-state index is -0.819. The molecular weight excluding hydrogens is 454 g/mol. The van der Waals surface area contributed by atoms with Crippen LogP contribution in [0.5, 0.6) is 11.5 Å². The Bertz CT molecular complexity index is 1280. The lowest BCUT2D eigenvalue weighted by molar-refractivity contribution is -0.132. The summed E-state index contributed by atoms with van der Waals surface area (Å²) in [7, 11) is 1.55. The lowest BCUT2D eigenvalue weighted by atomic mass is 9.92. The van der Waals surface area contributed by atoms with Gasteiger partial charge in [0.2, 0.25) is 0 Å². The monoisotopic (exact) mass is 477 g/mol.